The molecule has 0 saturated carbocycles. The lowest BCUT2D eigenvalue weighted by atomic mass is 9.99. The summed E-state index contributed by atoms with van der Waals surface area (Å²) in [5.41, 5.74) is 2.10. The van der Waals surface area contributed by atoms with Gasteiger partial charge in [0.1, 0.15) is 29.6 Å². The van der Waals surface area contributed by atoms with Gasteiger partial charge in [-0.2, -0.15) is 0 Å². The van der Waals surface area contributed by atoms with Crippen LogP contribution in [0.25, 0.3) is 21.9 Å². The van der Waals surface area contributed by atoms with Gasteiger partial charge < -0.3 is 14.2 Å². The van der Waals surface area contributed by atoms with Gasteiger partial charge >= 0.3 is 0 Å². The van der Waals surface area contributed by atoms with E-state index >= 15 is 0 Å². The van der Waals surface area contributed by atoms with Gasteiger partial charge in [0, 0.05) is 22.4 Å². The van der Waals surface area contributed by atoms with Crippen LogP contribution in [-0.4, -0.2) is 38.3 Å². The third kappa shape index (κ3) is 5.75. The minimum atomic E-state index is 0.705. The molecule has 0 radical (unpaired) electrons. The number of hydrogen-bond donors (Lipinski definition) is 1. The summed E-state index contributed by atoms with van der Waals surface area (Å²) in [7, 11) is 1.68. The van der Waals surface area contributed by atoms with Crippen LogP contribution in [0.1, 0.15) is 19.3 Å². The topological polar surface area (TPSA) is 30.9 Å². The number of ether oxygens (including phenoxy) is 3. The van der Waals surface area contributed by atoms with E-state index in [9.17, 15) is 0 Å². The summed E-state index contributed by atoms with van der Waals surface area (Å²) >= 11 is 4.44. The average molecular weight is 486 g/mol. The van der Waals surface area contributed by atoms with E-state index in [1.165, 1.54) is 32.4 Å². The highest BCUT2D eigenvalue weighted by atomic mass is 32.1. The van der Waals surface area contributed by atoms with E-state index in [0.29, 0.717) is 6.61 Å². The Bertz CT molecular complexity index is 1270. The number of hydrogen-bond acceptors (Lipinski definition) is 5. The van der Waals surface area contributed by atoms with Crippen molar-refractivity contribution in [3.05, 3.63) is 78.9 Å². The summed E-state index contributed by atoms with van der Waals surface area (Å²) < 4.78 is 17.9. The minimum Gasteiger partial charge on any atom is -0.497 e. The van der Waals surface area contributed by atoms with Crippen molar-refractivity contribution in [3.63, 3.8) is 0 Å². The van der Waals surface area contributed by atoms with Crippen LogP contribution in [0.4, 0.5) is 0 Å². The van der Waals surface area contributed by atoms with E-state index in [1.54, 1.807) is 7.11 Å². The molecule has 4 nitrogen and oxygen atoms in total. The quantitative estimate of drug-likeness (QED) is 0.262. The lowest BCUT2D eigenvalue weighted by molar-refractivity contribution is 0.183. The second kappa shape index (κ2) is 11.1. The van der Waals surface area contributed by atoms with Crippen LogP contribution in [0.2, 0.25) is 0 Å². The molecule has 1 heterocycles. The van der Waals surface area contributed by atoms with Crippen LogP contribution in [0, 0.1) is 0 Å². The summed E-state index contributed by atoms with van der Waals surface area (Å²) in [4.78, 5) is 3.41. The van der Waals surface area contributed by atoms with Crippen molar-refractivity contribution in [1.82, 2.24) is 4.90 Å². The zero-order chi connectivity index (χ0) is 24.0. The summed E-state index contributed by atoms with van der Waals surface area (Å²) in [5, 5.41) is 2.09. The van der Waals surface area contributed by atoms with Crippen molar-refractivity contribution in [1.29, 1.82) is 0 Å². The maximum atomic E-state index is 6.51. The highest BCUT2D eigenvalue weighted by Gasteiger charge is 2.14. The Morgan fingerprint density at radius 3 is 2.23 bits per heavy atom. The molecule has 0 spiro atoms. The Labute approximate surface area is 212 Å². The van der Waals surface area contributed by atoms with Crippen LogP contribution >= 0.6 is 12.6 Å². The molecule has 180 valence electrons. The molecule has 35 heavy (non-hydrogen) atoms. The summed E-state index contributed by atoms with van der Waals surface area (Å²) in [6, 6.07) is 26.3. The van der Waals surface area contributed by atoms with Crippen LogP contribution in [0.3, 0.4) is 0 Å². The second-order valence-electron chi connectivity index (χ2n) is 8.90. The minimum absolute atomic E-state index is 0.705. The monoisotopic (exact) mass is 485 g/mol. The molecule has 0 aromatic heterocycles. The fourth-order valence-electron chi connectivity index (χ4n) is 4.58. The van der Waals surface area contributed by atoms with Crippen LogP contribution < -0.4 is 14.2 Å². The fourth-order valence-corrected chi connectivity index (χ4v) is 4.73. The molecule has 0 amide bonds. The van der Waals surface area contributed by atoms with E-state index in [2.05, 4.69) is 47.9 Å². The molecule has 1 fully saturated rings. The molecule has 5 rings (SSSR count). The number of thiol groups is 1. The molecule has 5 heteroatoms. The molecule has 1 saturated heterocycles. The number of methoxy groups -OCH3 is 1. The predicted octanol–water partition coefficient (Wildman–Crippen LogP) is 7.46. The molecular formula is C30H31NO3S. The maximum absolute atomic E-state index is 6.51. The molecule has 1 aliphatic rings. The first-order chi connectivity index (χ1) is 17.2. The fraction of sp³-hybridized carbons (Fsp3) is 0.267. The number of benzene rings is 4. The Morgan fingerprint density at radius 1 is 0.771 bits per heavy atom. The van der Waals surface area contributed by atoms with E-state index in [1.807, 2.05) is 48.5 Å². The van der Waals surface area contributed by atoms with E-state index in [-0.39, 0.29) is 0 Å². The molecule has 0 aliphatic carbocycles. The van der Waals surface area contributed by atoms with Crippen LogP contribution in [-0.2, 0) is 0 Å². The van der Waals surface area contributed by atoms with Crippen molar-refractivity contribution < 1.29 is 14.2 Å². The first-order valence-electron chi connectivity index (χ1n) is 12.2. The number of piperidine rings is 1. The van der Waals surface area contributed by atoms with Gasteiger partial charge in [-0.3, -0.25) is 4.90 Å². The highest BCUT2D eigenvalue weighted by Crippen LogP contribution is 2.41. The van der Waals surface area contributed by atoms with Gasteiger partial charge in [0.25, 0.3) is 0 Å². The largest absolute Gasteiger partial charge is 0.497 e. The first-order valence-corrected chi connectivity index (χ1v) is 12.7. The van der Waals surface area contributed by atoms with Gasteiger partial charge in [-0.1, -0.05) is 24.6 Å². The molecule has 0 N–H and O–H groups in total. The molecule has 0 unspecified atom stereocenters. The number of fused-ring (bicyclic) bond motifs is 1. The Morgan fingerprint density at radius 2 is 1.49 bits per heavy atom. The molecule has 4 aromatic rings. The number of rotatable bonds is 8. The molecule has 0 atom stereocenters. The van der Waals surface area contributed by atoms with Gasteiger partial charge in [-0.15, -0.1) is 12.6 Å². The van der Waals surface area contributed by atoms with Crippen LogP contribution in [0.5, 0.6) is 23.0 Å². The van der Waals surface area contributed by atoms with Crippen molar-refractivity contribution in [2.24, 2.45) is 0 Å². The van der Waals surface area contributed by atoms with Gasteiger partial charge in [0.2, 0.25) is 0 Å². The number of nitrogens with zero attached hydrogens (tertiary/aromatic N) is 1. The lowest BCUT2D eigenvalue weighted by Gasteiger charge is -2.26. The van der Waals surface area contributed by atoms with E-state index < -0.39 is 0 Å². The normalized spacial score (nSPS) is 14.1. The van der Waals surface area contributed by atoms with Crippen molar-refractivity contribution in [3.8, 4) is 34.1 Å². The summed E-state index contributed by atoms with van der Waals surface area (Å²) in [5.74, 6) is 3.27. The second-order valence-corrected chi connectivity index (χ2v) is 9.42. The highest BCUT2D eigenvalue weighted by molar-refractivity contribution is 7.80. The van der Waals surface area contributed by atoms with Gasteiger partial charge in [-0.05, 0) is 97.5 Å². The maximum Gasteiger partial charge on any atom is 0.143 e. The SMILES string of the molecule is COc1ccc2c(Oc3ccc(OCCN4CCCCC4)cc3)c(-c3ccc(S)cc3)ccc2c1. The number of likely N-dealkylation sites (tertiary alicyclic amines) is 1. The van der Waals surface area contributed by atoms with Gasteiger partial charge in [-0.25, -0.2) is 0 Å². The Hall–Kier alpha value is -3.15. The third-order valence-electron chi connectivity index (χ3n) is 6.52. The summed E-state index contributed by atoms with van der Waals surface area (Å²) in [6.45, 7) is 4.06. The van der Waals surface area contributed by atoms with Gasteiger partial charge in [0.15, 0.2) is 0 Å². The van der Waals surface area contributed by atoms with Crippen molar-refractivity contribution in [2.45, 2.75) is 24.2 Å². The standard InChI is InChI=1S/C30H31NO3S/c1-32-26-12-16-29-23(21-26)7-15-28(22-5-13-27(35)14-6-22)30(29)34-25-10-8-24(9-11-25)33-20-19-31-17-3-2-4-18-31/h5-16,21,35H,2-4,17-20H2,1H3. The molecule has 0 bridgehead atoms. The smallest absolute Gasteiger partial charge is 0.143 e. The lowest BCUT2D eigenvalue weighted by Crippen LogP contribution is -2.33. The Balaban J connectivity index is 1.37. The van der Waals surface area contributed by atoms with E-state index in [4.69, 9.17) is 14.2 Å². The molecule has 4 aromatic carbocycles. The van der Waals surface area contributed by atoms with Crippen molar-refractivity contribution in [2.75, 3.05) is 33.4 Å². The first kappa shape index (κ1) is 23.6. The average Bonchev–Trinajstić information content (AvgIpc) is 2.91. The predicted molar refractivity (Wildman–Crippen MR) is 145 cm³/mol. The molecular weight excluding hydrogens is 454 g/mol. The zero-order valence-corrected chi connectivity index (χ0v) is 21.0. The third-order valence-corrected chi connectivity index (χ3v) is 6.82. The van der Waals surface area contributed by atoms with Gasteiger partial charge in [0.05, 0.1) is 7.11 Å². The Kier molecular flexibility index (Phi) is 7.45. The van der Waals surface area contributed by atoms with E-state index in [0.717, 1.165) is 56.3 Å². The summed E-state index contributed by atoms with van der Waals surface area (Å²) in [6.07, 6.45) is 3.95. The zero-order valence-electron chi connectivity index (χ0n) is 20.1. The van der Waals surface area contributed by atoms with Crippen molar-refractivity contribution >= 4 is 23.4 Å². The van der Waals surface area contributed by atoms with Crippen LogP contribution in [0.15, 0.2) is 83.8 Å². The molecule has 1 aliphatic heterocycles.